The van der Waals surface area contributed by atoms with Gasteiger partial charge in [-0.2, -0.15) is 4.98 Å². The van der Waals surface area contributed by atoms with Crippen LogP contribution in [0.4, 0.5) is 5.95 Å². The summed E-state index contributed by atoms with van der Waals surface area (Å²) in [7, 11) is 1.60. The molecule has 1 aliphatic rings. The maximum Gasteiger partial charge on any atom is 0.338 e. The molecular formula is C29H28N4O4. The smallest absolute Gasteiger partial charge is 0.338 e. The monoisotopic (exact) mass is 496 g/mol. The first-order valence-electron chi connectivity index (χ1n) is 12.1. The summed E-state index contributed by atoms with van der Waals surface area (Å²) in [5.74, 6) is 1.84. The second-order valence-corrected chi connectivity index (χ2v) is 8.54. The first-order valence-corrected chi connectivity index (χ1v) is 12.1. The summed E-state index contributed by atoms with van der Waals surface area (Å²) >= 11 is 0. The number of benzene rings is 3. The molecule has 8 heteroatoms. The lowest BCUT2D eigenvalue weighted by atomic mass is 9.95. The van der Waals surface area contributed by atoms with Crippen molar-refractivity contribution in [2.24, 2.45) is 0 Å². The normalized spacial score (nSPS) is 14.5. The number of esters is 1. The van der Waals surface area contributed by atoms with Gasteiger partial charge >= 0.3 is 5.97 Å². The van der Waals surface area contributed by atoms with Gasteiger partial charge in [0.2, 0.25) is 5.95 Å². The van der Waals surface area contributed by atoms with Crippen LogP contribution in [-0.4, -0.2) is 34.5 Å². The Balaban J connectivity index is 1.59. The molecule has 188 valence electrons. The molecule has 2 heterocycles. The number of fused-ring (bicyclic) bond motifs is 1. The summed E-state index contributed by atoms with van der Waals surface area (Å²) in [6.45, 7) is 4.27. The molecule has 0 saturated heterocycles. The highest BCUT2D eigenvalue weighted by Crippen LogP contribution is 2.40. The van der Waals surface area contributed by atoms with E-state index in [1.807, 2.05) is 85.8 Å². The van der Waals surface area contributed by atoms with E-state index in [4.69, 9.17) is 24.3 Å². The minimum Gasteiger partial charge on any atom is -0.493 e. The molecule has 0 spiro atoms. The van der Waals surface area contributed by atoms with Crippen LogP contribution >= 0.6 is 0 Å². The summed E-state index contributed by atoms with van der Waals surface area (Å²) in [6, 6.07) is 24.7. The predicted molar refractivity (Wildman–Crippen MR) is 140 cm³/mol. The topological polar surface area (TPSA) is 87.5 Å². The fraction of sp³-hybridized carbons (Fsp3) is 0.207. The third-order valence-corrected chi connectivity index (χ3v) is 6.12. The second kappa shape index (κ2) is 10.6. The molecular weight excluding hydrogens is 468 g/mol. The largest absolute Gasteiger partial charge is 0.493 e. The molecule has 1 aromatic heterocycles. The van der Waals surface area contributed by atoms with Crippen LogP contribution in [0.15, 0.2) is 90.1 Å². The van der Waals surface area contributed by atoms with Crippen LogP contribution in [0, 0.1) is 0 Å². The number of rotatable bonds is 8. The first kappa shape index (κ1) is 24.1. The Kier molecular flexibility index (Phi) is 6.89. The van der Waals surface area contributed by atoms with Gasteiger partial charge in [-0.25, -0.2) is 9.48 Å². The number of nitrogens with one attached hydrogen (secondary N) is 1. The van der Waals surface area contributed by atoms with E-state index in [9.17, 15) is 4.79 Å². The van der Waals surface area contributed by atoms with Crippen LogP contribution in [0.3, 0.4) is 0 Å². The van der Waals surface area contributed by atoms with E-state index >= 15 is 0 Å². The number of ether oxygens (including phenoxy) is 3. The molecule has 0 bridgehead atoms. The highest BCUT2D eigenvalue weighted by molar-refractivity contribution is 5.92. The van der Waals surface area contributed by atoms with Gasteiger partial charge < -0.3 is 19.5 Å². The van der Waals surface area contributed by atoms with Gasteiger partial charge in [0, 0.05) is 11.3 Å². The average Bonchev–Trinajstić information content (AvgIpc) is 3.36. The van der Waals surface area contributed by atoms with Crippen molar-refractivity contribution >= 4 is 11.9 Å². The highest BCUT2D eigenvalue weighted by Gasteiger charge is 2.35. The molecule has 37 heavy (non-hydrogen) atoms. The number of nitrogens with zero attached hydrogens (tertiary/aromatic N) is 3. The molecule has 0 radical (unpaired) electrons. The van der Waals surface area contributed by atoms with Crippen LogP contribution in [0.1, 0.15) is 31.0 Å². The van der Waals surface area contributed by atoms with E-state index < -0.39 is 12.0 Å². The van der Waals surface area contributed by atoms with Crippen LogP contribution in [0.25, 0.3) is 11.4 Å². The standard InChI is InChI=1S/C29H28N4O4/c1-4-36-28(34)25-19(2)30-29-31-27(21-13-9-6-10-14-21)32-33(29)26(25)22-15-16-23(35-3)24(17-22)37-18-20-11-7-5-8-12-20/h5-17,26H,4,18H2,1-3H3,(H,30,31,32). The minimum absolute atomic E-state index is 0.260. The summed E-state index contributed by atoms with van der Waals surface area (Å²) in [4.78, 5) is 17.9. The van der Waals surface area contributed by atoms with Crippen molar-refractivity contribution in [1.29, 1.82) is 0 Å². The summed E-state index contributed by atoms with van der Waals surface area (Å²) in [5, 5.41) is 8.04. The highest BCUT2D eigenvalue weighted by atomic mass is 16.5. The molecule has 4 aromatic rings. The number of allylic oxidation sites excluding steroid dienone is 1. The van der Waals surface area contributed by atoms with E-state index in [-0.39, 0.29) is 6.61 Å². The Morgan fingerprint density at radius 2 is 1.73 bits per heavy atom. The maximum atomic E-state index is 13.2. The molecule has 0 aliphatic carbocycles. The lowest BCUT2D eigenvalue weighted by Gasteiger charge is -2.28. The molecule has 1 aliphatic heterocycles. The van der Waals surface area contributed by atoms with Crippen molar-refractivity contribution in [3.8, 4) is 22.9 Å². The zero-order valence-corrected chi connectivity index (χ0v) is 21.0. The number of anilines is 1. The van der Waals surface area contributed by atoms with E-state index in [1.54, 1.807) is 18.7 Å². The molecule has 8 nitrogen and oxygen atoms in total. The summed E-state index contributed by atoms with van der Waals surface area (Å²) in [5.41, 5.74) is 3.81. The first-order chi connectivity index (χ1) is 18.1. The number of hydrogen-bond donors (Lipinski definition) is 1. The van der Waals surface area contributed by atoms with Crippen molar-refractivity contribution < 1.29 is 19.0 Å². The third-order valence-electron chi connectivity index (χ3n) is 6.12. The molecule has 0 saturated carbocycles. The van der Waals surface area contributed by atoms with Crippen LogP contribution in [0.5, 0.6) is 11.5 Å². The van der Waals surface area contributed by atoms with Gasteiger partial charge in [0.25, 0.3) is 0 Å². The number of methoxy groups -OCH3 is 1. The lowest BCUT2D eigenvalue weighted by Crippen LogP contribution is -2.29. The fourth-order valence-electron chi connectivity index (χ4n) is 4.35. The zero-order chi connectivity index (χ0) is 25.8. The second-order valence-electron chi connectivity index (χ2n) is 8.54. The number of carbonyl (C=O) groups is 1. The zero-order valence-electron chi connectivity index (χ0n) is 21.0. The number of hydrogen-bond acceptors (Lipinski definition) is 7. The predicted octanol–water partition coefficient (Wildman–Crippen LogP) is 5.38. The van der Waals surface area contributed by atoms with Gasteiger partial charge in [-0.3, -0.25) is 0 Å². The van der Waals surface area contributed by atoms with E-state index in [1.165, 1.54) is 0 Å². The third kappa shape index (κ3) is 4.91. The molecule has 1 atom stereocenters. The molecule has 1 N–H and O–H groups in total. The van der Waals surface area contributed by atoms with Crippen molar-refractivity contribution in [3.05, 3.63) is 101 Å². The van der Waals surface area contributed by atoms with E-state index in [0.29, 0.717) is 41.1 Å². The molecule has 0 amide bonds. The van der Waals surface area contributed by atoms with Gasteiger partial charge in [-0.1, -0.05) is 66.7 Å². The Bertz CT molecular complexity index is 1430. The van der Waals surface area contributed by atoms with Crippen LogP contribution in [-0.2, 0) is 16.1 Å². The lowest BCUT2D eigenvalue weighted by molar-refractivity contribution is -0.139. The molecule has 3 aromatic carbocycles. The molecule has 0 fully saturated rings. The van der Waals surface area contributed by atoms with Crippen molar-refractivity contribution in [3.63, 3.8) is 0 Å². The summed E-state index contributed by atoms with van der Waals surface area (Å²) in [6.07, 6.45) is 0. The van der Waals surface area contributed by atoms with Crippen LogP contribution < -0.4 is 14.8 Å². The van der Waals surface area contributed by atoms with Gasteiger partial charge in [0.15, 0.2) is 17.3 Å². The van der Waals surface area contributed by atoms with Crippen molar-refractivity contribution in [2.45, 2.75) is 26.5 Å². The average molecular weight is 497 g/mol. The van der Waals surface area contributed by atoms with Gasteiger partial charge in [-0.05, 0) is 37.1 Å². The van der Waals surface area contributed by atoms with Crippen molar-refractivity contribution in [1.82, 2.24) is 14.8 Å². The van der Waals surface area contributed by atoms with Crippen molar-refractivity contribution in [2.75, 3.05) is 19.0 Å². The quantitative estimate of drug-likeness (QED) is 0.328. The van der Waals surface area contributed by atoms with E-state index in [0.717, 1.165) is 16.7 Å². The Morgan fingerprint density at radius 3 is 2.43 bits per heavy atom. The SMILES string of the molecule is CCOC(=O)C1=C(C)Nc2nc(-c3ccccc3)nn2C1c1ccc(OC)c(OCc2ccccc2)c1. The Labute approximate surface area is 215 Å². The number of aromatic nitrogens is 3. The van der Waals surface area contributed by atoms with Gasteiger partial charge in [0.1, 0.15) is 12.6 Å². The Morgan fingerprint density at radius 1 is 1.00 bits per heavy atom. The number of carbonyl (C=O) groups excluding carboxylic acids is 1. The van der Waals surface area contributed by atoms with Gasteiger partial charge in [0.05, 0.1) is 19.3 Å². The van der Waals surface area contributed by atoms with Gasteiger partial charge in [-0.15, -0.1) is 5.10 Å². The van der Waals surface area contributed by atoms with Crippen LogP contribution in [0.2, 0.25) is 0 Å². The maximum absolute atomic E-state index is 13.2. The van der Waals surface area contributed by atoms with E-state index in [2.05, 4.69) is 5.32 Å². The fourth-order valence-corrected chi connectivity index (χ4v) is 4.35. The Hall–Kier alpha value is -4.59. The molecule has 1 unspecified atom stereocenters. The minimum atomic E-state index is -0.578. The summed E-state index contributed by atoms with van der Waals surface area (Å²) < 4.78 is 18.9. The molecule has 5 rings (SSSR count).